The maximum Gasteiger partial charge on any atom is 0.245 e. The molecule has 1 aliphatic heterocycles. The average Bonchev–Trinajstić information content (AvgIpc) is 3.10. The number of hydrogen-bond donors (Lipinski definition) is 2. The highest BCUT2D eigenvalue weighted by Crippen LogP contribution is 2.27. The van der Waals surface area contributed by atoms with Gasteiger partial charge in [-0.05, 0) is 17.5 Å². The number of carbonyl (C=O) groups is 2. The molecule has 1 fully saturated rings. The van der Waals surface area contributed by atoms with Crippen molar-refractivity contribution in [2.45, 2.75) is 44.2 Å². The van der Waals surface area contributed by atoms with Crippen LogP contribution in [0.1, 0.15) is 36.8 Å². The summed E-state index contributed by atoms with van der Waals surface area (Å²) < 4.78 is 0. The SMILES string of the molecule is CCCC(NC(=O)Cc1ccccc1)C(=O)N1C[C@@H](N)[C@H](c2ccccc2)C1. The number of hydrogen-bond acceptors (Lipinski definition) is 3. The minimum atomic E-state index is -0.497. The number of amides is 2. The Hall–Kier alpha value is -2.66. The van der Waals surface area contributed by atoms with E-state index in [0.717, 1.165) is 17.5 Å². The van der Waals surface area contributed by atoms with Crippen LogP contribution in [0.3, 0.4) is 0 Å². The van der Waals surface area contributed by atoms with Gasteiger partial charge in [0.1, 0.15) is 6.04 Å². The fourth-order valence-corrected chi connectivity index (χ4v) is 3.85. The Bertz CT molecular complexity index is 779. The van der Waals surface area contributed by atoms with E-state index in [-0.39, 0.29) is 30.2 Å². The molecule has 0 bridgehead atoms. The zero-order valence-electron chi connectivity index (χ0n) is 16.4. The molecule has 3 rings (SSSR count). The van der Waals surface area contributed by atoms with Gasteiger partial charge in [0, 0.05) is 25.0 Å². The van der Waals surface area contributed by atoms with Crippen molar-refractivity contribution >= 4 is 11.8 Å². The van der Waals surface area contributed by atoms with E-state index in [1.807, 2.05) is 60.4 Å². The molecule has 1 unspecified atom stereocenters. The van der Waals surface area contributed by atoms with Crippen LogP contribution in [0, 0.1) is 0 Å². The molecular formula is C23H29N3O2. The van der Waals surface area contributed by atoms with Crippen LogP contribution in [0.5, 0.6) is 0 Å². The van der Waals surface area contributed by atoms with Crippen LogP contribution in [0.2, 0.25) is 0 Å². The minimum Gasteiger partial charge on any atom is -0.344 e. The maximum atomic E-state index is 13.1. The van der Waals surface area contributed by atoms with Crippen molar-refractivity contribution < 1.29 is 9.59 Å². The number of nitrogens with one attached hydrogen (secondary N) is 1. The molecular weight excluding hydrogens is 350 g/mol. The topological polar surface area (TPSA) is 75.4 Å². The summed E-state index contributed by atoms with van der Waals surface area (Å²) in [5.74, 6) is -0.0225. The summed E-state index contributed by atoms with van der Waals surface area (Å²) in [5, 5.41) is 2.94. The van der Waals surface area contributed by atoms with Crippen molar-refractivity contribution in [2.75, 3.05) is 13.1 Å². The third kappa shape index (κ3) is 4.98. The number of rotatable bonds is 7. The van der Waals surface area contributed by atoms with Gasteiger partial charge >= 0.3 is 0 Å². The quantitative estimate of drug-likeness (QED) is 0.776. The Morgan fingerprint density at radius 1 is 1.07 bits per heavy atom. The molecule has 1 saturated heterocycles. The first-order valence-corrected chi connectivity index (χ1v) is 10.0. The van der Waals surface area contributed by atoms with Crippen molar-refractivity contribution in [3.05, 3.63) is 71.8 Å². The Labute approximate surface area is 166 Å². The smallest absolute Gasteiger partial charge is 0.245 e. The van der Waals surface area contributed by atoms with E-state index in [1.54, 1.807) is 0 Å². The van der Waals surface area contributed by atoms with E-state index < -0.39 is 6.04 Å². The lowest BCUT2D eigenvalue weighted by atomic mass is 9.95. The molecule has 2 aromatic rings. The van der Waals surface area contributed by atoms with Crippen molar-refractivity contribution in [1.29, 1.82) is 0 Å². The van der Waals surface area contributed by atoms with Crippen LogP contribution in [0.25, 0.3) is 0 Å². The number of benzene rings is 2. The van der Waals surface area contributed by atoms with Gasteiger partial charge in [0.15, 0.2) is 0 Å². The Balaban J connectivity index is 1.63. The summed E-state index contributed by atoms with van der Waals surface area (Å²) in [4.78, 5) is 27.4. The second-order valence-electron chi connectivity index (χ2n) is 7.50. The highest BCUT2D eigenvalue weighted by Gasteiger charge is 2.36. The molecule has 5 nitrogen and oxygen atoms in total. The number of nitrogens with two attached hydrogens (primary N) is 1. The molecule has 148 valence electrons. The molecule has 3 atom stereocenters. The van der Waals surface area contributed by atoms with Crippen molar-refractivity contribution in [2.24, 2.45) is 5.73 Å². The second-order valence-corrected chi connectivity index (χ2v) is 7.50. The second kappa shape index (κ2) is 9.51. The van der Waals surface area contributed by atoms with Gasteiger partial charge in [-0.2, -0.15) is 0 Å². The van der Waals surface area contributed by atoms with Crippen molar-refractivity contribution in [3.63, 3.8) is 0 Å². The number of carbonyl (C=O) groups excluding carboxylic acids is 2. The molecule has 28 heavy (non-hydrogen) atoms. The predicted octanol–water partition coefficient (Wildman–Crippen LogP) is 2.47. The molecule has 0 radical (unpaired) electrons. The third-order valence-corrected chi connectivity index (χ3v) is 5.32. The van der Waals surface area contributed by atoms with Crippen LogP contribution in [0.4, 0.5) is 0 Å². The lowest BCUT2D eigenvalue weighted by Crippen LogP contribution is -2.48. The fraction of sp³-hybridized carbons (Fsp3) is 0.391. The molecule has 2 aromatic carbocycles. The van der Waals surface area contributed by atoms with Crippen molar-refractivity contribution in [3.8, 4) is 0 Å². The van der Waals surface area contributed by atoms with E-state index in [0.29, 0.717) is 19.5 Å². The first-order chi connectivity index (χ1) is 13.6. The molecule has 0 aromatic heterocycles. The van der Waals surface area contributed by atoms with Gasteiger partial charge in [-0.25, -0.2) is 0 Å². The van der Waals surface area contributed by atoms with Crippen LogP contribution in [0.15, 0.2) is 60.7 Å². The molecule has 3 N–H and O–H groups in total. The summed E-state index contributed by atoms with van der Waals surface area (Å²) in [6.45, 7) is 3.14. The zero-order valence-corrected chi connectivity index (χ0v) is 16.4. The lowest BCUT2D eigenvalue weighted by Gasteiger charge is -2.24. The Morgan fingerprint density at radius 2 is 1.71 bits per heavy atom. The highest BCUT2D eigenvalue weighted by atomic mass is 16.2. The van der Waals surface area contributed by atoms with Gasteiger partial charge in [0.2, 0.25) is 11.8 Å². The van der Waals surface area contributed by atoms with E-state index >= 15 is 0 Å². The zero-order chi connectivity index (χ0) is 19.9. The summed E-state index contributed by atoms with van der Waals surface area (Å²) in [7, 11) is 0. The first-order valence-electron chi connectivity index (χ1n) is 10.0. The van der Waals surface area contributed by atoms with Gasteiger partial charge in [-0.3, -0.25) is 9.59 Å². The van der Waals surface area contributed by atoms with Crippen LogP contribution in [-0.2, 0) is 16.0 Å². The first kappa shape index (κ1) is 20.1. The van der Waals surface area contributed by atoms with Crippen LogP contribution < -0.4 is 11.1 Å². The number of nitrogens with zero attached hydrogens (tertiary/aromatic N) is 1. The largest absolute Gasteiger partial charge is 0.344 e. The van der Waals surface area contributed by atoms with Gasteiger partial charge < -0.3 is 16.0 Å². The van der Waals surface area contributed by atoms with E-state index in [2.05, 4.69) is 17.4 Å². The van der Waals surface area contributed by atoms with E-state index in [1.165, 1.54) is 0 Å². The molecule has 0 spiro atoms. The molecule has 1 aliphatic rings. The summed E-state index contributed by atoms with van der Waals surface area (Å²) in [6.07, 6.45) is 1.73. The highest BCUT2D eigenvalue weighted by molar-refractivity contribution is 5.88. The monoisotopic (exact) mass is 379 g/mol. The summed E-state index contributed by atoms with van der Waals surface area (Å²) in [5.41, 5.74) is 8.43. The summed E-state index contributed by atoms with van der Waals surface area (Å²) >= 11 is 0. The molecule has 0 aliphatic carbocycles. The van der Waals surface area contributed by atoms with Gasteiger partial charge in [-0.15, -0.1) is 0 Å². The number of likely N-dealkylation sites (tertiary alicyclic amines) is 1. The minimum absolute atomic E-state index is 0.0304. The standard InChI is InChI=1S/C23H29N3O2/c1-2-9-21(25-22(27)14-17-10-5-3-6-11-17)23(28)26-15-19(20(24)16-26)18-12-7-4-8-13-18/h3-8,10-13,19-21H,2,9,14-16,24H2,1H3,(H,25,27)/t19-,20+,21?/m0/s1. The lowest BCUT2D eigenvalue weighted by molar-refractivity contribution is -0.135. The van der Waals surface area contributed by atoms with E-state index in [9.17, 15) is 9.59 Å². The van der Waals surface area contributed by atoms with E-state index in [4.69, 9.17) is 5.73 Å². The Kier molecular flexibility index (Phi) is 6.82. The maximum absolute atomic E-state index is 13.1. The molecule has 1 heterocycles. The van der Waals surface area contributed by atoms with Gasteiger partial charge in [0.25, 0.3) is 0 Å². The fourth-order valence-electron chi connectivity index (χ4n) is 3.85. The predicted molar refractivity (Wildman–Crippen MR) is 111 cm³/mol. The summed E-state index contributed by atoms with van der Waals surface area (Å²) in [6, 6.07) is 19.1. The molecule has 2 amide bonds. The third-order valence-electron chi connectivity index (χ3n) is 5.32. The van der Waals surface area contributed by atoms with Crippen LogP contribution >= 0.6 is 0 Å². The molecule has 5 heteroatoms. The van der Waals surface area contributed by atoms with Gasteiger partial charge in [0.05, 0.1) is 6.42 Å². The van der Waals surface area contributed by atoms with Gasteiger partial charge in [-0.1, -0.05) is 74.0 Å². The molecule has 0 saturated carbocycles. The van der Waals surface area contributed by atoms with Crippen LogP contribution in [-0.4, -0.2) is 41.9 Å². The van der Waals surface area contributed by atoms with Crippen molar-refractivity contribution in [1.82, 2.24) is 10.2 Å². The average molecular weight is 380 g/mol. The normalized spacial score (nSPS) is 20.0. The Morgan fingerprint density at radius 3 is 2.36 bits per heavy atom.